The van der Waals surface area contributed by atoms with E-state index in [9.17, 15) is 56.2 Å². The van der Waals surface area contributed by atoms with E-state index in [1.54, 1.807) is 0 Å². The van der Waals surface area contributed by atoms with Crippen molar-refractivity contribution in [3.8, 4) is 0 Å². The summed E-state index contributed by atoms with van der Waals surface area (Å²) < 4.78 is 82.7. The minimum absolute atomic E-state index is 0.277. The van der Waals surface area contributed by atoms with Crippen LogP contribution in [0.3, 0.4) is 0 Å². The highest BCUT2D eigenvalue weighted by molar-refractivity contribution is 6.05. The number of benzene rings is 2. The Balaban J connectivity index is 2.26. The average molecular weight is 466 g/mol. The van der Waals surface area contributed by atoms with Crippen LogP contribution in [0.4, 0.5) is 49.1 Å². The largest absolute Gasteiger partial charge is 0.396 e. The molecule has 2 rings (SSSR count). The predicted octanol–water partition coefficient (Wildman–Crippen LogP) is 3.63. The molecule has 10 nitrogen and oxygen atoms in total. The van der Waals surface area contributed by atoms with Crippen molar-refractivity contribution in [3.63, 3.8) is 0 Å². The molecule has 0 bridgehead atoms. The van der Waals surface area contributed by atoms with Gasteiger partial charge < -0.3 is 10.6 Å². The molecule has 0 fully saturated rings. The lowest BCUT2D eigenvalue weighted by Gasteiger charge is -2.24. The van der Waals surface area contributed by atoms with Gasteiger partial charge in [-0.25, -0.2) is 0 Å². The summed E-state index contributed by atoms with van der Waals surface area (Å²) in [5.74, 6) is -19.8. The van der Waals surface area contributed by atoms with E-state index in [1.165, 1.54) is 10.6 Å². The van der Waals surface area contributed by atoms with Crippen LogP contribution in [-0.2, 0) is 9.59 Å². The Morgan fingerprint density at radius 3 is 1.31 bits per heavy atom. The van der Waals surface area contributed by atoms with E-state index in [1.807, 2.05) is 0 Å². The average Bonchev–Trinajstić information content (AvgIpc) is 2.70. The lowest BCUT2D eigenvalue weighted by Crippen LogP contribution is -2.56. The number of carbonyl (C=O) groups excluding carboxylic acids is 2. The summed E-state index contributed by atoms with van der Waals surface area (Å²) in [7, 11) is 0. The van der Waals surface area contributed by atoms with Crippen LogP contribution in [0.5, 0.6) is 0 Å². The molecule has 0 aliphatic rings. The summed E-state index contributed by atoms with van der Waals surface area (Å²) in [5.41, 5.74) is -4.22. The molecule has 0 heterocycles. The number of hydrogen-bond donors (Lipinski definition) is 2. The SMILES string of the molecule is O=C(Nc1ccc(F)c([N+](=O)[O-])c1)C(F)(F)C(F)(F)C(=O)Nc1ccc(F)c([N+](=O)[O-])c1. The van der Waals surface area contributed by atoms with Gasteiger partial charge in [-0.2, -0.15) is 26.3 Å². The summed E-state index contributed by atoms with van der Waals surface area (Å²) in [6, 6.07) is 2.48. The molecule has 2 aromatic carbocycles. The van der Waals surface area contributed by atoms with Gasteiger partial charge in [0.05, 0.1) is 9.85 Å². The molecule has 32 heavy (non-hydrogen) atoms. The number of nitrogens with one attached hydrogen (secondary N) is 2. The van der Waals surface area contributed by atoms with Gasteiger partial charge in [-0.05, 0) is 24.3 Å². The molecule has 16 heteroatoms. The second-order valence-electron chi connectivity index (χ2n) is 5.90. The third kappa shape index (κ3) is 4.57. The molecule has 0 saturated carbocycles. The highest BCUT2D eigenvalue weighted by atomic mass is 19.3. The lowest BCUT2D eigenvalue weighted by molar-refractivity contribution is -0.387. The molecule has 0 atom stereocenters. The maximum Gasteiger partial charge on any atom is 0.396 e. The molecule has 0 radical (unpaired) electrons. The van der Waals surface area contributed by atoms with Crippen molar-refractivity contribution >= 4 is 34.6 Å². The van der Waals surface area contributed by atoms with Gasteiger partial charge >= 0.3 is 35.0 Å². The first-order chi connectivity index (χ1) is 14.7. The Kier molecular flexibility index (Phi) is 6.37. The zero-order valence-corrected chi connectivity index (χ0v) is 15.1. The van der Waals surface area contributed by atoms with E-state index >= 15 is 0 Å². The zero-order chi connectivity index (χ0) is 24.4. The van der Waals surface area contributed by atoms with Crippen LogP contribution >= 0.6 is 0 Å². The van der Waals surface area contributed by atoms with E-state index in [0.29, 0.717) is 24.3 Å². The fraction of sp³-hybridized carbons (Fsp3) is 0.125. The van der Waals surface area contributed by atoms with Gasteiger partial charge in [0.2, 0.25) is 11.6 Å². The summed E-state index contributed by atoms with van der Waals surface area (Å²) in [6.45, 7) is 0. The third-order valence-corrected chi connectivity index (χ3v) is 3.77. The molecule has 0 aliphatic heterocycles. The normalized spacial score (nSPS) is 11.6. The number of alkyl halides is 4. The number of halogens is 6. The summed E-state index contributed by atoms with van der Waals surface area (Å²) in [6.07, 6.45) is 0. The summed E-state index contributed by atoms with van der Waals surface area (Å²) >= 11 is 0. The standard InChI is InChI=1S/C16H8F6N4O6/c17-9-3-1-7(5-11(9)25(29)30)23-13(27)15(19,20)16(21,22)14(28)24-8-2-4-10(18)12(6-8)26(31)32/h1-6H,(H,23,27)(H,24,28). The number of nitrogens with zero attached hydrogens (tertiary/aromatic N) is 2. The molecule has 2 aromatic rings. The second-order valence-corrected chi connectivity index (χ2v) is 5.90. The maximum atomic E-state index is 14.0. The third-order valence-electron chi connectivity index (χ3n) is 3.77. The lowest BCUT2D eigenvalue weighted by atomic mass is 10.1. The monoisotopic (exact) mass is 466 g/mol. The minimum Gasteiger partial charge on any atom is -0.320 e. The Morgan fingerprint density at radius 2 is 1.03 bits per heavy atom. The molecule has 0 spiro atoms. The van der Waals surface area contributed by atoms with Gasteiger partial charge in [-0.1, -0.05) is 0 Å². The molecule has 0 unspecified atom stereocenters. The Hall–Kier alpha value is -4.24. The molecule has 0 aromatic heterocycles. The fourth-order valence-electron chi connectivity index (χ4n) is 2.17. The molecule has 0 saturated heterocycles. The molecule has 2 N–H and O–H groups in total. The van der Waals surface area contributed by atoms with Crippen molar-refractivity contribution in [1.82, 2.24) is 0 Å². The van der Waals surface area contributed by atoms with E-state index < -0.39 is 67.9 Å². The number of carbonyl (C=O) groups is 2. The van der Waals surface area contributed by atoms with E-state index in [2.05, 4.69) is 0 Å². The minimum atomic E-state index is -5.74. The van der Waals surface area contributed by atoms with Gasteiger partial charge in [-0.3, -0.25) is 29.8 Å². The molecular weight excluding hydrogens is 458 g/mol. The van der Waals surface area contributed by atoms with Gasteiger partial charge in [0.1, 0.15) is 0 Å². The number of amides is 2. The van der Waals surface area contributed by atoms with Crippen molar-refractivity contribution < 1.29 is 45.8 Å². The quantitative estimate of drug-likeness (QED) is 0.362. The van der Waals surface area contributed by atoms with Crippen LogP contribution in [0.15, 0.2) is 36.4 Å². The Bertz CT molecular complexity index is 1040. The van der Waals surface area contributed by atoms with E-state index in [4.69, 9.17) is 0 Å². The topological polar surface area (TPSA) is 144 Å². The molecular formula is C16H8F6N4O6. The highest BCUT2D eigenvalue weighted by Crippen LogP contribution is 2.37. The van der Waals surface area contributed by atoms with Gasteiger partial charge in [0.15, 0.2) is 0 Å². The van der Waals surface area contributed by atoms with Gasteiger partial charge in [0.25, 0.3) is 0 Å². The zero-order valence-electron chi connectivity index (χ0n) is 15.1. The first-order valence-corrected chi connectivity index (χ1v) is 7.95. The number of nitro groups is 2. The van der Waals surface area contributed by atoms with Crippen molar-refractivity contribution in [2.45, 2.75) is 11.8 Å². The van der Waals surface area contributed by atoms with Crippen LogP contribution in [0.2, 0.25) is 0 Å². The number of rotatable bonds is 7. The van der Waals surface area contributed by atoms with E-state index in [-0.39, 0.29) is 12.1 Å². The molecule has 170 valence electrons. The van der Waals surface area contributed by atoms with Crippen molar-refractivity contribution in [2.75, 3.05) is 10.6 Å². The summed E-state index contributed by atoms with van der Waals surface area (Å²) in [5, 5.41) is 23.7. The number of nitro benzene ring substituents is 2. The highest BCUT2D eigenvalue weighted by Gasteiger charge is 2.67. The maximum absolute atomic E-state index is 14.0. The van der Waals surface area contributed by atoms with Crippen LogP contribution in [-0.4, -0.2) is 33.5 Å². The van der Waals surface area contributed by atoms with E-state index in [0.717, 1.165) is 0 Å². The van der Waals surface area contributed by atoms with Gasteiger partial charge in [0, 0.05) is 23.5 Å². The van der Waals surface area contributed by atoms with Crippen molar-refractivity contribution in [1.29, 1.82) is 0 Å². The summed E-state index contributed by atoms with van der Waals surface area (Å²) in [4.78, 5) is 42.1. The fourth-order valence-corrected chi connectivity index (χ4v) is 2.17. The Labute approximate surface area is 172 Å². The van der Waals surface area contributed by atoms with Crippen LogP contribution < -0.4 is 10.6 Å². The molecule has 2 amide bonds. The van der Waals surface area contributed by atoms with Crippen molar-refractivity contribution in [3.05, 3.63) is 68.3 Å². The smallest absolute Gasteiger partial charge is 0.320 e. The van der Waals surface area contributed by atoms with Crippen molar-refractivity contribution in [2.24, 2.45) is 0 Å². The van der Waals surface area contributed by atoms with Crippen LogP contribution in [0, 0.1) is 31.9 Å². The molecule has 0 aliphatic carbocycles. The van der Waals surface area contributed by atoms with Crippen LogP contribution in [0.25, 0.3) is 0 Å². The van der Waals surface area contributed by atoms with Crippen LogP contribution in [0.1, 0.15) is 0 Å². The first kappa shape index (κ1) is 24.0. The van der Waals surface area contributed by atoms with Gasteiger partial charge in [-0.15, -0.1) is 0 Å². The Morgan fingerprint density at radius 1 is 0.719 bits per heavy atom. The predicted molar refractivity (Wildman–Crippen MR) is 93.3 cm³/mol. The number of hydrogen-bond acceptors (Lipinski definition) is 6. The number of anilines is 2. The second kappa shape index (κ2) is 8.48. The first-order valence-electron chi connectivity index (χ1n) is 7.95.